The van der Waals surface area contributed by atoms with Gasteiger partial charge in [0, 0.05) is 26.3 Å². The molecule has 2 aromatic heterocycles. The molecular weight excluding hydrogens is 392 g/mol. The first-order chi connectivity index (χ1) is 7.84. The maximum absolute atomic E-state index is 5.14. The minimum Gasteiger partial charge on any atom is -0.403 e. The molecule has 0 bridgehead atoms. The number of benzene rings is 1. The fourth-order valence-corrected chi connectivity index (χ4v) is 1.67. The van der Waals surface area contributed by atoms with Crippen LogP contribution in [0.5, 0.6) is 0 Å². The van der Waals surface area contributed by atoms with Crippen LogP contribution in [-0.2, 0) is 20.1 Å². The third-order valence-corrected chi connectivity index (χ3v) is 2.52. The summed E-state index contributed by atoms with van der Waals surface area (Å²) in [7, 11) is 0. The number of aryl methyl sites for hydroxylation is 1. The summed E-state index contributed by atoms with van der Waals surface area (Å²) in [5.74, 6) is 0. The van der Waals surface area contributed by atoms with Gasteiger partial charge >= 0.3 is 0 Å². The molecule has 1 radical (unpaired) electrons. The Balaban J connectivity index is 0.00000108. The average molecular weight is 401 g/mol. The summed E-state index contributed by atoms with van der Waals surface area (Å²) < 4.78 is 5.14. The van der Waals surface area contributed by atoms with Crippen LogP contribution in [0.15, 0.2) is 41.1 Å². The van der Waals surface area contributed by atoms with Crippen molar-refractivity contribution in [3.05, 3.63) is 48.3 Å². The van der Waals surface area contributed by atoms with Gasteiger partial charge in [-0.05, 0) is 24.1 Å². The molecule has 0 fully saturated rings. The van der Waals surface area contributed by atoms with Gasteiger partial charge in [0.2, 0.25) is 0 Å². The smallest absolute Gasteiger partial charge is 0.0830 e. The molecular formula is C13H9IrN2O-. The standard InChI is InChI=1S/C13H9N2O.Ir/c1-9-11-8-10(5-6-13(11)16-15-9)12-4-2-3-7-14-12;/h2-4,6-8H,1H3;/q-1;. The fraction of sp³-hybridized carbons (Fsp3) is 0.0769. The van der Waals surface area contributed by atoms with Crippen molar-refractivity contribution in [2.24, 2.45) is 0 Å². The third kappa shape index (κ3) is 2.14. The molecule has 3 rings (SSSR count). The SMILES string of the molecule is Cc1noc2c[c-]c(-c3ccccn3)cc12.[Ir]. The van der Waals surface area contributed by atoms with E-state index >= 15 is 0 Å². The molecule has 3 nitrogen and oxygen atoms in total. The van der Waals surface area contributed by atoms with Crippen molar-refractivity contribution in [3.63, 3.8) is 0 Å². The molecule has 1 aromatic carbocycles. The summed E-state index contributed by atoms with van der Waals surface area (Å²) in [6.07, 6.45) is 1.77. The van der Waals surface area contributed by atoms with Crippen molar-refractivity contribution in [1.82, 2.24) is 10.1 Å². The summed E-state index contributed by atoms with van der Waals surface area (Å²) >= 11 is 0. The maximum Gasteiger partial charge on any atom is 0.0830 e. The molecule has 0 N–H and O–H groups in total. The quantitative estimate of drug-likeness (QED) is 0.589. The molecule has 0 aliphatic heterocycles. The minimum absolute atomic E-state index is 0. The molecule has 0 unspecified atom stereocenters. The van der Waals surface area contributed by atoms with Crippen molar-refractivity contribution < 1.29 is 24.6 Å². The predicted octanol–water partition coefficient (Wildman–Crippen LogP) is 3.00. The Morgan fingerprint density at radius 1 is 1.29 bits per heavy atom. The van der Waals surface area contributed by atoms with Crippen LogP contribution in [0.2, 0.25) is 0 Å². The monoisotopic (exact) mass is 402 g/mol. The zero-order valence-corrected chi connectivity index (χ0v) is 11.5. The molecule has 0 saturated heterocycles. The predicted molar refractivity (Wildman–Crippen MR) is 60.8 cm³/mol. The Kier molecular flexibility index (Phi) is 3.36. The Bertz CT molecular complexity index is 634. The molecule has 0 aliphatic rings. The summed E-state index contributed by atoms with van der Waals surface area (Å²) in [5, 5.41) is 4.93. The number of pyridine rings is 1. The van der Waals surface area contributed by atoms with E-state index in [4.69, 9.17) is 4.52 Å². The Morgan fingerprint density at radius 3 is 2.94 bits per heavy atom. The van der Waals surface area contributed by atoms with E-state index in [1.807, 2.05) is 31.2 Å². The van der Waals surface area contributed by atoms with E-state index in [-0.39, 0.29) is 20.1 Å². The first-order valence-electron chi connectivity index (χ1n) is 5.04. The number of nitrogens with zero attached hydrogens (tertiary/aromatic N) is 2. The zero-order valence-electron chi connectivity index (χ0n) is 9.10. The summed E-state index contributed by atoms with van der Waals surface area (Å²) in [6.45, 7) is 1.92. The largest absolute Gasteiger partial charge is 0.403 e. The van der Waals surface area contributed by atoms with Crippen molar-refractivity contribution in [3.8, 4) is 11.3 Å². The van der Waals surface area contributed by atoms with Crippen molar-refractivity contribution in [1.29, 1.82) is 0 Å². The van der Waals surface area contributed by atoms with E-state index in [0.29, 0.717) is 0 Å². The molecule has 0 aliphatic carbocycles. The van der Waals surface area contributed by atoms with Gasteiger partial charge in [-0.25, -0.2) is 0 Å². The van der Waals surface area contributed by atoms with Crippen molar-refractivity contribution >= 4 is 11.0 Å². The van der Waals surface area contributed by atoms with Gasteiger partial charge in [-0.1, -0.05) is 17.3 Å². The van der Waals surface area contributed by atoms with Crippen LogP contribution in [0, 0.1) is 13.0 Å². The molecule has 0 saturated carbocycles. The first-order valence-corrected chi connectivity index (χ1v) is 5.04. The molecule has 17 heavy (non-hydrogen) atoms. The normalized spacial score (nSPS) is 10.2. The molecule has 2 heterocycles. The number of aromatic nitrogens is 2. The van der Waals surface area contributed by atoms with Crippen LogP contribution in [-0.4, -0.2) is 10.1 Å². The molecule has 0 atom stereocenters. The topological polar surface area (TPSA) is 38.9 Å². The molecule has 4 heteroatoms. The van der Waals surface area contributed by atoms with E-state index in [1.54, 1.807) is 12.3 Å². The van der Waals surface area contributed by atoms with Crippen LogP contribution >= 0.6 is 0 Å². The molecule has 87 valence electrons. The van der Waals surface area contributed by atoms with Crippen LogP contribution in [0.4, 0.5) is 0 Å². The number of fused-ring (bicyclic) bond motifs is 1. The Morgan fingerprint density at radius 2 is 2.18 bits per heavy atom. The number of hydrogen-bond donors (Lipinski definition) is 0. The second kappa shape index (κ2) is 4.78. The van der Waals surface area contributed by atoms with Gasteiger partial charge in [0.1, 0.15) is 0 Å². The van der Waals surface area contributed by atoms with Gasteiger partial charge in [0.05, 0.1) is 11.3 Å². The van der Waals surface area contributed by atoms with E-state index < -0.39 is 0 Å². The molecule has 3 aromatic rings. The van der Waals surface area contributed by atoms with E-state index in [9.17, 15) is 0 Å². The number of hydrogen-bond acceptors (Lipinski definition) is 3. The number of rotatable bonds is 1. The van der Waals surface area contributed by atoms with Gasteiger partial charge in [-0.15, -0.1) is 23.8 Å². The Hall–Kier alpha value is -1.51. The van der Waals surface area contributed by atoms with Crippen molar-refractivity contribution in [2.45, 2.75) is 6.92 Å². The van der Waals surface area contributed by atoms with Gasteiger partial charge in [-0.2, -0.15) is 0 Å². The van der Waals surface area contributed by atoms with Crippen molar-refractivity contribution in [2.75, 3.05) is 0 Å². The zero-order chi connectivity index (χ0) is 11.0. The van der Waals surface area contributed by atoms with E-state index in [2.05, 4.69) is 16.2 Å². The fourth-order valence-electron chi connectivity index (χ4n) is 1.67. The molecule has 0 spiro atoms. The second-order valence-electron chi connectivity index (χ2n) is 3.61. The van der Waals surface area contributed by atoms with Crippen LogP contribution in [0.3, 0.4) is 0 Å². The van der Waals surface area contributed by atoms with E-state index in [0.717, 1.165) is 27.9 Å². The van der Waals surface area contributed by atoms with Gasteiger partial charge < -0.3 is 9.51 Å². The average Bonchev–Trinajstić information content (AvgIpc) is 2.72. The summed E-state index contributed by atoms with van der Waals surface area (Å²) in [4.78, 5) is 4.29. The molecule has 0 amide bonds. The minimum atomic E-state index is 0. The summed E-state index contributed by atoms with van der Waals surface area (Å²) in [5.41, 5.74) is 3.52. The van der Waals surface area contributed by atoms with Crippen LogP contribution in [0.1, 0.15) is 5.69 Å². The van der Waals surface area contributed by atoms with Crippen LogP contribution in [0.25, 0.3) is 22.2 Å². The maximum atomic E-state index is 5.14. The third-order valence-electron chi connectivity index (χ3n) is 2.52. The van der Waals surface area contributed by atoms with Gasteiger partial charge in [0.25, 0.3) is 0 Å². The second-order valence-corrected chi connectivity index (χ2v) is 3.61. The van der Waals surface area contributed by atoms with Gasteiger partial charge in [0.15, 0.2) is 0 Å². The Labute approximate surface area is 112 Å². The summed E-state index contributed by atoms with van der Waals surface area (Å²) in [6, 6.07) is 12.8. The van der Waals surface area contributed by atoms with E-state index in [1.165, 1.54) is 0 Å². The van der Waals surface area contributed by atoms with Crippen LogP contribution < -0.4 is 0 Å². The van der Waals surface area contributed by atoms with Gasteiger partial charge in [-0.3, -0.25) is 0 Å². The first kappa shape index (κ1) is 12.0.